The summed E-state index contributed by atoms with van der Waals surface area (Å²) in [5.74, 6) is 1.45. The lowest BCUT2D eigenvalue weighted by Gasteiger charge is -2.22. The lowest BCUT2D eigenvalue weighted by atomic mass is 10.1. The minimum absolute atomic E-state index is 0.229. The van der Waals surface area contributed by atoms with Crippen LogP contribution in [0.5, 0.6) is 5.75 Å². The Kier molecular flexibility index (Phi) is 7.41. The van der Waals surface area contributed by atoms with E-state index in [2.05, 4.69) is 30.7 Å². The topological polar surface area (TPSA) is 83.4 Å². The highest BCUT2D eigenvalue weighted by Crippen LogP contribution is 2.31. The van der Waals surface area contributed by atoms with Gasteiger partial charge in [-0.05, 0) is 42.2 Å². The number of thioether (sulfide) groups is 1. The maximum atomic E-state index is 13.1. The molecule has 7 heteroatoms. The second-order valence-corrected chi connectivity index (χ2v) is 7.92. The van der Waals surface area contributed by atoms with Crippen LogP contribution in [0.1, 0.15) is 18.6 Å². The fraction of sp³-hybridized carbons (Fsp3) is 0.167. The summed E-state index contributed by atoms with van der Waals surface area (Å²) in [5, 5.41) is 14.8. The first-order valence-electron chi connectivity index (χ1n) is 9.68. The lowest BCUT2D eigenvalue weighted by Crippen LogP contribution is -2.44. The van der Waals surface area contributed by atoms with E-state index >= 15 is 0 Å². The van der Waals surface area contributed by atoms with Crippen molar-refractivity contribution in [2.75, 3.05) is 11.1 Å². The van der Waals surface area contributed by atoms with Gasteiger partial charge < -0.3 is 14.8 Å². The third-order valence-corrected chi connectivity index (χ3v) is 5.20. The van der Waals surface area contributed by atoms with Gasteiger partial charge in [-0.25, -0.2) is 0 Å². The Labute approximate surface area is 186 Å². The van der Waals surface area contributed by atoms with Crippen LogP contribution < -0.4 is 15.4 Å². The molecule has 1 amide bonds. The molecule has 0 fully saturated rings. The van der Waals surface area contributed by atoms with Gasteiger partial charge >= 0.3 is 0 Å². The van der Waals surface area contributed by atoms with Crippen LogP contribution >= 0.6 is 11.8 Å². The average molecular weight is 434 g/mol. The molecule has 3 rings (SSSR count). The van der Waals surface area contributed by atoms with Gasteiger partial charge in [-0.15, -0.1) is 11.8 Å². The number of rotatable bonds is 9. The summed E-state index contributed by atoms with van der Waals surface area (Å²) in [6, 6.07) is 16.9. The second kappa shape index (κ2) is 10.4. The highest BCUT2D eigenvalue weighted by molar-refractivity contribution is 7.99. The molecule has 2 aromatic rings. The standard InChI is InChI=1S/C24H23N3O3S/c1-4-31-19-13-11-18(12-14-19)22(29-17(3)10-9-16(2)15-25)23(28)27-24-26-20-7-5-6-8-21(20)30-24/h5-14,22,24,26H,2-4H2,1H3,(H,27,28)/b10-9-. The molecule has 2 aromatic carbocycles. The molecule has 1 aliphatic rings. The fourth-order valence-corrected chi connectivity index (χ4v) is 3.52. The van der Waals surface area contributed by atoms with Gasteiger partial charge in [-0.3, -0.25) is 10.1 Å². The van der Waals surface area contributed by atoms with Crippen molar-refractivity contribution < 1.29 is 14.3 Å². The summed E-state index contributed by atoms with van der Waals surface area (Å²) in [5.41, 5.74) is 1.73. The molecule has 31 heavy (non-hydrogen) atoms. The number of carbonyl (C=O) groups excluding carboxylic acids is 1. The summed E-state index contributed by atoms with van der Waals surface area (Å²) in [4.78, 5) is 14.2. The Hall–Kier alpha value is -3.63. The van der Waals surface area contributed by atoms with E-state index in [1.807, 2.05) is 54.6 Å². The zero-order valence-corrected chi connectivity index (χ0v) is 17.9. The molecule has 1 aliphatic heterocycles. The first-order valence-corrected chi connectivity index (χ1v) is 10.7. The Morgan fingerprint density at radius 2 is 2.03 bits per heavy atom. The number of benzene rings is 2. The minimum atomic E-state index is -0.956. The van der Waals surface area contributed by atoms with Crippen LogP contribution in [0.25, 0.3) is 0 Å². The normalized spacial score (nSPS) is 15.2. The smallest absolute Gasteiger partial charge is 0.270 e. The van der Waals surface area contributed by atoms with Gasteiger partial charge in [0.25, 0.3) is 12.3 Å². The van der Waals surface area contributed by atoms with E-state index in [4.69, 9.17) is 14.7 Å². The summed E-state index contributed by atoms with van der Waals surface area (Å²) in [6.07, 6.45) is 1.32. The number of amides is 1. The van der Waals surface area contributed by atoms with Crippen LogP contribution in [0.3, 0.4) is 0 Å². The van der Waals surface area contributed by atoms with Crippen molar-refractivity contribution in [3.63, 3.8) is 0 Å². The highest BCUT2D eigenvalue weighted by Gasteiger charge is 2.29. The molecule has 158 valence electrons. The number of hydrogen-bond donors (Lipinski definition) is 2. The van der Waals surface area contributed by atoms with Gasteiger partial charge in [0.2, 0.25) is 6.10 Å². The number of nitrogens with one attached hydrogen (secondary N) is 2. The molecule has 0 bridgehead atoms. The van der Waals surface area contributed by atoms with E-state index in [1.165, 1.54) is 12.2 Å². The van der Waals surface area contributed by atoms with Crippen LogP contribution in [0.4, 0.5) is 5.69 Å². The van der Waals surface area contributed by atoms with E-state index in [0.717, 1.165) is 16.3 Å². The molecule has 2 N–H and O–H groups in total. The lowest BCUT2D eigenvalue weighted by molar-refractivity contribution is -0.132. The number of nitrogens with zero attached hydrogens (tertiary/aromatic N) is 1. The molecule has 6 nitrogen and oxygen atoms in total. The summed E-state index contributed by atoms with van der Waals surface area (Å²) in [6.45, 7) is 9.49. The van der Waals surface area contributed by atoms with Crippen molar-refractivity contribution >= 4 is 23.4 Å². The average Bonchev–Trinajstić information content (AvgIpc) is 3.18. The van der Waals surface area contributed by atoms with Crippen LogP contribution in [-0.4, -0.2) is 18.0 Å². The van der Waals surface area contributed by atoms with E-state index in [1.54, 1.807) is 11.8 Å². The van der Waals surface area contributed by atoms with E-state index in [-0.39, 0.29) is 11.3 Å². The molecule has 1 heterocycles. The Morgan fingerprint density at radius 3 is 2.71 bits per heavy atom. The first-order chi connectivity index (χ1) is 15.0. The van der Waals surface area contributed by atoms with Crippen LogP contribution in [0.15, 0.2) is 90.1 Å². The molecular weight excluding hydrogens is 410 g/mol. The fourth-order valence-electron chi connectivity index (χ4n) is 2.86. The first kappa shape index (κ1) is 22.1. The van der Waals surface area contributed by atoms with Crippen molar-refractivity contribution in [2.45, 2.75) is 24.3 Å². The molecular formula is C24H23N3O3S. The van der Waals surface area contributed by atoms with E-state index in [9.17, 15) is 4.79 Å². The van der Waals surface area contributed by atoms with Crippen LogP contribution in [-0.2, 0) is 9.53 Å². The number of hydrogen-bond acceptors (Lipinski definition) is 6. The molecule has 0 aliphatic carbocycles. The number of para-hydroxylation sites is 2. The Balaban J connectivity index is 1.75. The molecule has 2 atom stereocenters. The molecule has 0 radical (unpaired) electrons. The van der Waals surface area contributed by atoms with Crippen molar-refractivity contribution in [1.29, 1.82) is 5.26 Å². The van der Waals surface area contributed by atoms with Gasteiger partial charge in [0.15, 0.2) is 0 Å². The SMILES string of the molecule is C=C(C#N)/C=C\C(=C)OC(C(=O)NC1Nc2ccccc2O1)c1ccc(SCC)cc1. The predicted molar refractivity (Wildman–Crippen MR) is 122 cm³/mol. The maximum Gasteiger partial charge on any atom is 0.270 e. The molecule has 0 aromatic heterocycles. The van der Waals surface area contributed by atoms with Gasteiger partial charge in [0.1, 0.15) is 11.5 Å². The Morgan fingerprint density at radius 1 is 1.29 bits per heavy atom. The molecule has 0 spiro atoms. The third-order valence-electron chi connectivity index (χ3n) is 4.31. The highest BCUT2D eigenvalue weighted by atomic mass is 32.2. The zero-order chi connectivity index (χ0) is 22.2. The van der Waals surface area contributed by atoms with Gasteiger partial charge in [-0.1, -0.05) is 44.3 Å². The zero-order valence-electron chi connectivity index (χ0n) is 17.1. The monoisotopic (exact) mass is 433 g/mol. The van der Waals surface area contributed by atoms with Gasteiger partial charge in [-0.2, -0.15) is 5.26 Å². The third kappa shape index (κ3) is 5.93. The number of fused-ring (bicyclic) bond motifs is 1. The number of carbonyl (C=O) groups is 1. The number of nitriles is 1. The number of anilines is 1. The van der Waals surface area contributed by atoms with Crippen LogP contribution in [0, 0.1) is 11.3 Å². The summed E-state index contributed by atoms with van der Waals surface area (Å²) >= 11 is 1.71. The second-order valence-electron chi connectivity index (χ2n) is 6.58. The summed E-state index contributed by atoms with van der Waals surface area (Å²) < 4.78 is 11.6. The molecule has 2 unspecified atom stereocenters. The van der Waals surface area contributed by atoms with Crippen molar-refractivity contribution in [2.24, 2.45) is 0 Å². The molecule has 0 saturated heterocycles. The van der Waals surface area contributed by atoms with Gasteiger partial charge in [0, 0.05) is 16.0 Å². The largest absolute Gasteiger partial charge is 0.476 e. The van der Waals surface area contributed by atoms with Crippen molar-refractivity contribution in [1.82, 2.24) is 5.32 Å². The number of ether oxygens (including phenoxy) is 2. The quantitative estimate of drug-likeness (QED) is 0.253. The van der Waals surface area contributed by atoms with E-state index < -0.39 is 18.4 Å². The van der Waals surface area contributed by atoms with E-state index in [0.29, 0.717) is 11.3 Å². The minimum Gasteiger partial charge on any atom is -0.476 e. The predicted octanol–water partition coefficient (Wildman–Crippen LogP) is 4.91. The van der Waals surface area contributed by atoms with Crippen molar-refractivity contribution in [3.05, 3.63) is 90.7 Å². The van der Waals surface area contributed by atoms with Gasteiger partial charge in [0.05, 0.1) is 11.8 Å². The van der Waals surface area contributed by atoms with Crippen molar-refractivity contribution in [3.8, 4) is 11.8 Å². The molecule has 0 saturated carbocycles. The number of allylic oxidation sites excluding steroid dienone is 3. The maximum absolute atomic E-state index is 13.1. The van der Waals surface area contributed by atoms with Crippen LogP contribution in [0.2, 0.25) is 0 Å². The summed E-state index contributed by atoms with van der Waals surface area (Å²) in [7, 11) is 0. The Bertz CT molecular complexity index is 1020.